The number of amides is 13. The van der Waals surface area contributed by atoms with Crippen LogP contribution in [0.2, 0.25) is 0 Å². The number of aliphatic carboxylic acids is 1. The number of hydrogen-bond donors (Lipinski definition) is 15. The number of benzene rings is 3. The number of aromatic amines is 3. The molecule has 133 heavy (non-hydrogen) atoms. The Labute approximate surface area is 774 Å². The van der Waals surface area contributed by atoms with Crippen molar-refractivity contribution in [3.05, 3.63) is 120 Å². The fourth-order valence-corrected chi connectivity index (χ4v) is 18.2. The molecule has 3 aromatic carbocycles. The van der Waals surface area contributed by atoms with Gasteiger partial charge in [-0.1, -0.05) is 82.1 Å². The minimum Gasteiger partial charge on any atom is -0.508 e. The third kappa shape index (κ3) is 28.7. The fraction of sp³-hybridized carbons (Fsp3) is 0.538. The van der Waals surface area contributed by atoms with Crippen LogP contribution in [0.3, 0.4) is 0 Å². The Morgan fingerprint density at radius 1 is 0.586 bits per heavy atom. The van der Waals surface area contributed by atoms with Crippen LogP contribution in [0.4, 0.5) is 0 Å². The van der Waals surface area contributed by atoms with E-state index in [1.165, 1.54) is 81.5 Å². The van der Waals surface area contributed by atoms with E-state index < -0.39 is 241 Å². The highest BCUT2D eigenvalue weighted by molar-refractivity contribution is 7.99. The maximum Gasteiger partial charge on any atom is 0.303 e. The summed E-state index contributed by atoms with van der Waals surface area (Å²) < 4.78 is 0. The van der Waals surface area contributed by atoms with Crippen LogP contribution in [0.5, 0.6) is 5.75 Å². The molecule has 3 aliphatic rings. The predicted octanol–water partition coefficient (Wildman–Crippen LogP) is 1.77. The van der Waals surface area contributed by atoms with E-state index in [4.69, 9.17) is 11.5 Å². The number of unbranched alkanes of at least 4 members (excludes halogenated alkanes) is 1. The number of phenolic OH excluding ortho intramolecular Hbond substituents is 1. The van der Waals surface area contributed by atoms with Crippen LogP contribution >= 0.6 is 11.8 Å². The third-order valence-corrected chi connectivity index (χ3v) is 25.9. The van der Waals surface area contributed by atoms with Crippen LogP contribution in [-0.4, -0.2) is 296 Å². The number of aromatic hydroxyl groups is 1. The van der Waals surface area contributed by atoms with Gasteiger partial charge in [0.15, 0.2) is 11.6 Å². The van der Waals surface area contributed by atoms with Gasteiger partial charge >= 0.3 is 5.97 Å². The number of nitrogens with zero attached hydrogens (tertiary/aromatic N) is 6. The van der Waals surface area contributed by atoms with Crippen LogP contribution in [0.25, 0.3) is 21.8 Å². The first-order valence-corrected chi connectivity index (χ1v) is 46.4. The van der Waals surface area contributed by atoms with E-state index >= 15 is 38.4 Å². The first-order chi connectivity index (χ1) is 63.3. The first-order valence-electron chi connectivity index (χ1n) is 45.2. The molecule has 720 valence electrons. The van der Waals surface area contributed by atoms with Crippen LogP contribution < -0.4 is 48.7 Å². The summed E-state index contributed by atoms with van der Waals surface area (Å²) in [7, 11) is 2.66. The van der Waals surface area contributed by atoms with E-state index in [1.54, 1.807) is 67.8 Å². The third-order valence-electron chi connectivity index (χ3n) is 24.7. The van der Waals surface area contributed by atoms with E-state index in [1.807, 2.05) is 20.8 Å². The summed E-state index contributed by atoms with van der Waals surface area (Å²) in [6, 6.07) is 1.87. The number of nitrogens with two attached hydrogens (primary N) is 2. The SMILES string of the molecule is CCCC[C@H]1C(=O)N[C@@H](CC(C)C)C(=O)C[C@H](C(=O)CCC(C)=O)CSCC(=O)N[C@@H](Cc2ccc(O)cc2)C(=O)N(C)[C@@H](C)C(=O)C[C@@H](CC(N)=O)C(=O)N2CCC[C@H]2C(=O)N[C@@H](Cc2cnc[nH]2)C(=O)N[C@@H](CCC(=O)O)C(=O)N2C[C@H](O)C[C@H]2C(=O)N[C@@H](Cc2c[nH]c3ccccc23)C(=O)N[C@@H](CCN)C(=O)N[C@@H](Cc2c[nH]c3ccccc23)C(=O)N(CC)[C@@H](C)C(=O)N1C. The first kappa shape index (κ1) is 104. The lowest BCUT2D eigenvalue weighted by Gasteiger charge is -2.36. The van der Waals surface area contributed by atoms with Crippen LogP contribution in [0.1, 0.15) is 167 Å². The molecule has 40 heteroatoms. The molecule has 0 spiro atoms. The smallest absolute Gasteiger partial charge is 0.303 e. The molecule has 0 aliphatic carbocycles. The van der Waals surface area contributed by atoms with E-state index in [-0.39, 0.29) is 119 Å². The van der Waals surface area contributed by atoms with E-state index in [9.17, 15) is 63.3 Å². The molecule has 0 saturated carbocycles. The number of carbonyl (C=O) groups is 18. The van der Waals surface area contributed by atoms with Gasteiger partial charge in [0, 0.05) is 162 Å². The maximum atomic E-state index is 15.7. The zero-order valence-electron chi connectivity index (χ0n) is 76.6. The van der Waals surface area contributed by atoms with E-state index in [0.717, 1.165) is 26.5 Å². The average Bonchev–Trinajstić information content (AvgIpc) is 1.49. The minimum absolute atomic E-state index is 0.0306. The standard InChI is InChI=1S/C93H126N18O21S/c1-10-12-22-74-86(125)103-69(35-51(3)4)79(117)40-59(77(115)30-24-52(5)112)48-133-49-81(119)100-72(36-55-25-27-61(113)28-26-55)91(130)107(8)53(6)78(116)39-56(41-80(95)118)90(129)110-34-17-23-75(110)87(126)105-71(42-60-46-96-50-99-60)85(124)102-68(29-31-82(120)121)92(131)111-47-62(114)43-76(111)88(127)104-70(37-57-44-97-65-20-15-13-18-63(57)65)84(123)101-67(32-33-94)83(122)106-73(38-58-45-98-66-21-16-14-19-64(58)66)93(132)109(11-2)54(7)89(128)108(74)9/h13-16,18-21,25-28,44-46,50-51,53-54,56,59,62,67-76,97-98,113-114H,10-12,17,22-24,29-43,47-49,94H2,1-9H3,(H2,95,118)(H,96,99)(H,100,119)(H,101,123)(H,102,124)(H,103,125)(H,104,127)(H,105,126)(H,106,122)(H,120,121)/t53-,54-,56-,59-,62+,67-,68-,69-,70-,71-,72-,73-,74-,75-,76-/m0/s1. The lowest BCUT2D eigenvalue weighted by atomic mass is 9.90. The van der Waals surface area contributed by atoms with Gasteiger partial charge < -0.3 is 108 Å². The quantitative estimate of drug-likeness (QED) is 0.0388. The van der Waals surface area contributed by atoms with Gasteiger partial charge in [-0.3, -0.25) is 81.5 Å². The summed E-state index contributed by atoms with van der Waals surface area (Å²) in [6.07, 6.45) is -0.0144. The number of para-hydroxylation sites is 2. The number of nitrogens with one attached hydrogen (secondary N) is 10. The highest BCUT2D eigenvalue weighted by Crippen LogP contribution is 2.30. The van der Waals surface area contributed by atoms with Gasteiger partial charge in [0.05, 0.1) is 36.2 Å². The molecule has 0 radical (unpaired) electrons. The van der Waals surface area contributed by atoms with Gasteiger partial charge in [-0.15, -0.1) is 0 Å². The Hall–Kier alpha value is -12.7. The van der Waals surface area contributed by atoms with Gasteiger partial charge in [-0.05, 0) is 120 Å². The number of hydrogen-bond acceptors (Lipinski definition) is 23. The normalized spacial score (nSPS) is 25.1. The number of aromatic nitrogens is 4. The number of imidazole rings is 1. The Balaban J connectivity index is 1.09. The number of carboxylic acid groups (broad SMARTS) is 1. The van der Waals surface area contributed by atoms with Gasteiger partial charge in [-0.25, -0.2) is 4.98 Å². The number of carboxylic acids is 1. The van der Waals surface area contributed by atoms with Crippen molar-refractivity contribution in [2.75, 3.05) is 51.8 Å². The van der Waals surface area contributed by atoms with Gasteiger partial charge in [-0.2, -0.15) is 11.8 Å². The van der Waals surface area contributed by atoms with Crippen molar-refractivity contribution >= 4 is 139 Å². The second-order valence-electron chi connectivity index (χ2n) is 35.1. The molecule has 0 bridgehead atoms. The van der Waals surface area contributed by atoms with E-state index in [2.05, 4.69) is 57.2 Å². The van der Waals surface area contributed by atoms with Gasteiger partial charge in [0.2, 0.25) is 76.8 Å². The van der Waals surface area contributed by atoms with Crippen molar-refractivity contribution in [2.24, 2.45) is 29.2 Å². The average molecular weight is 1860 g/mol. The number of primary amides is 1. The number of ketones is 4. The number of likely N-dealkylation sites (N-methyl/N-ethyl adjacent to an activating group) is 3. The predicted molar refractivity (Wildman–Crippen MR) is 490 cm³/mol. The summed E-state index contributed by atoms with van der Waals surface area (Å²) in [5.74, 6) is -19.1. The van der Waals surface area contributed by atoms with Gasteiger partial charge in [0.1, 0.15) is 77.7 Å². The highest BCUT2D eigenvalue weighted by atomic mass is 32.2. The van der Waals surface area contributed by atoms with Crippen molar-refractivity contribution in [2.45, 2.75) is 249 Å². The molecule has 3 aliphatic heterocycles. The molecule has 3 aromatic heterocycles. The molecular weight excluding hydrogens is 1740 g/mol. The van der Waals surface area contributed by atoms with Crippen LogP contribution in [-0.2, 0) is 112 Å². The molecule has 13 amide bonds. The van der Waals surface area contributed by atoms with Gasteiger partial charge in [0.25, 0.3) is 0 Å². The topological polar surface area (TPSA) is 581 Å². The monoisotopic (exact) mass is 1860 g/mol. The number of aliphatic hydroxyl groups is 1. The summed E-state index contributed by atoms with van der Waals surface area (Å²) in [5.41, 5.74) is 15.0. The van der Waals surface area contributed by atoms with Crippen molar-refractivity contribution < 1.29 is 102 Å². The Kier molecular flexibility index (Phi) is 38.4. The zero-order valence-corrected chi connectivity index (χ0v) is 77.4. The molecule has 15 atom stereocenters. The van der Waals surface area contributed by atoms with Crippen molar-refractivity contribution in [1.29, 1.82) is 0 Å². The second-order valence-corrected chi connectivity index (χ2v) is 36.1. The molecule has 17 N–H and O–H groups in total. The zero-order chi connectivity index (χ0) is 97.2. The summed E-state index contributed by atoms with van der Waals surface area (Å²) in [6.45, 7) is 10.1. The summed E-state index contributed by atoms with van der Waals surface area (Å²) in [5, 5.41) is 52.3. The number of H-pyrrole nitrogens is 3. The van der Waals surface area contributed by atoms with Crippen molar-refractivity contribution in [3.8, 4) is 5.75 Å². The molecular formula is C93H126N18O21S. The molecule has 6 aromatic rings. The number of fused-ring (bicyclic) bond motifs is 4. The number of phenols is 1. The molecule has 6 heterocycles. The lowest BCUT2D eigenvalue weighted by Crippen LogP contribution is -2.61. The summed E-state index contributed by atoms with van der Waals surface area (Å²) in [4.78, 5) is 282. The van der Waals surface area contributed by atoms with Crippen LogP contribution in [0, 0.1) is 17.8 Å². The Bertz CT molecular complexity index is 5180. The largest absolute Gasteiger partial charge is 0.508 e. The minimum atomic E-state index is -1.82. The number of carbonyl (C=O) groups excluding carboxylic acids is 17. The van der Waals surface area contributed by atoms with Crippen LogP contribution in [0.15, 0.2) is 97.7 Å². The number of aliphatic hydroxyl groups excluding tert-OH is 1. The molecule has 39 nitrogen and oxygen atoms in total. The molecule has 3 fully saturated rings. The fourth-order valence-electron chi connectivity index (χ4n) is 17.3. The molecule has 0 unspecified atom stereocenters. The Morgan fingerprint density at radius 3 is 1.77 bits per heavy atom. The molecule has 9 rings (SSSR count). The number of rotatable bonds is 25. The second kappa shape index (κ2) is 49.1. The highest BCUT2D eigenvalue weighted by Gasteiger charge is 2.47. The summed E-state index contributed by atoms with van der Waals surface area (Å²) >= 11 is 0.928. The van der Waals surface area contributed by atoms with E-state index in [0.29, 0.717) is 51.3 Å². The number of thioether (sulfide) groups is 1. The van der Waals surface area contributed by atoms with Crippen molar-refractivity contribution in [3.63, 3.8) is 0 Å². The maximum absolute atomic E-state index is 15.7. The molecule has 3 saturated heterocycles. The Morgan fingerprint density at radius 2 is 1.17 bits per heavy atom. The number of Topliss-reactive ketones (excluding diaryl/α,β-unsaturated/α-hetero) is 4. The van der Waals surface area contributed by atoms with Crippen molar-refractivity contribution in [1.82, 2.24) is 81.7 Å². The lowest BCUT2D eigenvalue weighted by molar-refractivity contribution is -0.149.